The van der Waals surface area contributed by atoms with Crippen molar-refractivity contribution in [1.82, 2.24) is 9.88 Å². The van der Waals surface area contributed by atoms with E-state index >= 15 is 0 Å². The van der Waals surface area contributed by atoms with E-state index in [9.17, 15) is 4.79 Å². The van der Waals surface area contributed by atoms with E-state index in [1.54, 1.807) is 6.07 Å². The van der Waals surface area contributed by atoms with Crippen LogP contribution in [0.3, 0.4) is 0 Å². The van der Waals surface area contributed by atoms with E-state index in [0.29, 0.717) is 23.0 Å². The van der Waals surface area contributed by atoms with Crippen LogP contribution >= 0.6 is 23.2 Å². The first-order valence-corrected chi connectivity index (χ1v) is 10.8. The number of aromatic nitrogens is 1. The van der Waals surface area contributed by atoms with Gasteiger partial charge in [-0.1, -0.05) is 71.7 Å². The van der Waals surface area contributed by atoms with E-state index in [-0.39, 0.29) is 11.9 Å². The molecule has 1 fully saturated rings. The maximum Gasteiger partial charge on any atom is 0.223 e. The Bertz CT molecular complexity index is 1230. The van der Waals surface area contributed by atoms with Crippen molar-refractivity contribution < 1.29 is 4.79 Å². The number of aromatic amines is 1. The molecule has 5 rings (SSSR count). The lowest BCUT2D eigenvalue weighted by Crippen LogP contribution is -2.27. The van der Waals surface area contributed by atoms with Crippen LogP contribution in [0.2, 0.25) is 10.0 Å². The van der Waals surface area contributed by atoms with Gasteiger partial charge in [0.25, 0.3) is 0 Å². The predicted molar refractivity (Wildman–Crippen MR) is 123 cm³/mol. The van der Waals surface area contributed by atoms with Crippen molar-refractivity contribution >= 4 is 40.0 Å². The summed E-state index contributed by atoms with van der Waals surface area (Å²) in [5, 5.41) is 2.31. The van der Waals surface area contributed by atoms with Crippen LogP contribution < -0.4 is 0 Å². The number of hydrogen-bond donors (Lipinski definition) is 1. The number of amides is 1. The number of nitrogens with one attached hydrogen (secondary N) is 1. The fourth-order valence-corrected chi connectivity index (χ4v) is 4.93. The van der Waals surface area contributed by atoms with Gasteiger partial charge in [-0.25, -0.2) is 0 Å². The number of carbonyl (C=O) groups is 1. The van der Waals surface area contributed by atoms with E-state index in [4.69, 9.17) is 23.2 Å². The van der Waals surface area contributed by atoms with Crippen LogP contribution in [0, 0.1) is 0 Å². The highest BCUT2D eigenvalue weighted by Crippen LogP contribution is 2.44. The number of nitrogens with zero attached hydrogens (tertiary/aromatic N) is 1. The number of likely N-dealkylation sites (tertiary alicyclic amines) is 1. The van der Waals surface area contributed by atoms with Crippen LogP contribution in [0.1, 0.15) is 30.0 Å². The van der Waals surface area contributed by atoms with Gasteiger partial charge in [0.1, 0.15) is 0 Å². The Balaban J connectivity index is 1.66. The molecule has 1 saturated heterocycles. The smallest absolute Gasteiger partial charge is 0.223 e. The first-order chi connectivity index (χ1) is 14.6. The summed E-state index contributed by atoms with van der Waals surface area (Å²) in [5.41, 5.74) is 5.13. The molecule has 1 amide bonds. The molecule has 1 atom stereocenters. The first-order valence-electron chi connectivity index (χ1n) is 10.0. The lowest BCUT2D eigenvalue weighted by molar-refractivity contribution is -0.129. The molecule has 150 valence electrons. The summed E-state index contributed by atoms with van der Waals surface area (Å²) < 4.78 is 0. The number of para-hydroxylation sites is 1. The molecule has 0 aliphatic carbocycles. The van der Waals surface area contributed by atoms with Crippen molar-refractivity contribution in [3.63, 3.8) is 0 Å². The molecule has 1 aromatic heterocycles. The summed E-state index contributed by atoms with van der Waals surface area (Å²) in [5.74, 6) is 0.183. The van der Waals surface area contributed by atoms with Crippen molar-refractivity contribution in [3.05, 3.63) is 94.0 Å². The van der Waals surface area contributed by atoms with Gasteiger partial charge in [-0.2, -0.15) is 0 Å². The Hall–Kier alpha value is -2.75. The van der Waals surface area contributed by atoms with Crippen LogP contribution in [0.4, 0.5) is 0 Å². The van der Waals surface area contributed by atoms with Gasteiger partial charge in [-0.3, -0.25) is 4.79 Å². The average Bonchev–Trinajstić information content (AvgIpc) is 3.29. The number of fused-ring (bicyclic) bond motifs is 1. The van der Waals surface area contributed by atoms with Gasteiger partial charge in [0.2, 0.25) is 5.91 Å². The Morgan fingerprint density at radius 1 is 0.967 bits per heavy atom. The van der Waals surface area contributed by atoms with Crippen LogP contribution in [0.25, 0.3) is 22.2 Å². The summed E-state index contributed by atoms with van der Waals surface area (Å²) in [6.45, 7) is 0.595. The topological polar surface area (TPSA) is 36.1 Å². The van der Waals surface area contributed by atoms with E-state index in [0.717, 1.165) is 39.7 Å². The van der Waals surface area contributed by atoms with Gasteiger partial charge in [0, 0.05) is 40.0 Å². The molecule has 0 spiro atoms. The second-order valence-electron chi connectivity index (χ2n) is 7.65. The zero-order chi connectivity index (χ0) is 20.7. The van der Waals surface area contributed by atoms with E-state index in [2.05, 4.69) is 29.2 Å². The lowest BCUT2D eigenvalue weighted by Gasteiger charge is -2.26. The standard InChI is InChI=1S/C25H20Cl2N2O/c26-17-10-11-18(20(27)14-17)25-24(19-8-4-5-9-21(19)28-25)22-12-13-23(30)29(22)15-16-6-2-1-3-7-16/h1-11,14,22,28H,12-13,15H2/t22-/m1/s1. The normalized spacial score (nSPS) is 16.5. The molecule has 2 heterocycles. The Morgan fingerprint density at radius 3 is 2.53 bits per heavy atom. The summed E-state index contributed by atoms with van der Waals surface area (Å²) in [6.07, 6.45) is 1.33. The van der Waals surface area contributed by atoms with Gasteiger partial charge >= 0.3 is 0 Å². The second-order valence-corrected chi connectivity index (χ2v) is 8.49. The molecule has 30 heavy (non-hydrogen) atoms. The monoisotopic (exact) mass is 434 g/mol. The molecule has 0 unspecified atom stereocenters. The third-order valence-corrected chi connectivity index (χ3v) is 6.35. The molecular formula is C25H20Cl2N2O. The molecule has 0 radical (unpaired) electrons. The maximum absolute atomic E-state index is 12.9. The number of carbonyl (C=O) groups excluding carboxylic acids is 1. The predicted octanol–water partition coefficient (Wildman–Crippen LogP) is 7.01. The van der Waals surface area contributed by atoms with Crippen LogP contribution in [0.5, 0.6) is 0 Å². The molecule has 0 saturated carbocycles. The molecule has 1 aliphatic heterocycles. The van der Waals surface area contributed by atoms with Crippen molar-refractivity contribution in [3.8, 4) is 11.3 Å². The molecule has 3 aromatic carbocycles. The van der Waals surface area contributed by atoms with Gasteiger partial charge in [0.15, 0.2) is 0 Å². The molecule has 5 heteroatoms. The average molecular weight is 435 g/mol. The quantitative estimate of drug-likeness (QED) is 0.368. The molecule has 1 N–H and O–H groups in total. The molecule has 0 bridgehead atoms. The fourth-order valence-electron chi connectivity index (χ4n) is 4.43. The number of hydrogen-bond acceptors (Lipinski definition) is 1. The van der Waals surface area contributed by atoms with Crippen LogP contribution in [0.15, 0.2) is 72.8 Å². The molecule has 3 nitrogen and oxygen atoms in total. The fraction of sp³-hybridized carbons (Fsp3) is 0.160. The van der Waals surface area contributed by atoms with Gasteiger partial charge < -0.3 is 9.88 Å². The van der Waals surface area contributed by atoms with E-state index < -0.39 is 0 Å². The third kappa shape index (κ3) is 3.38. The zero-order valence-corrected chi connectivity index (χ0v) is 17.8. The van der Waals surface area contributed by atoms with Crippen molar-refractivity contribution in [1.29, 1.82) is 0 Å². The van der Waals surface area contributed by atoms with Crippen molar-refractivity contribution in [2.24, 2.45) is 0 Å². The number of H-pyrrole nitrogens is 1. The highest BCUT2D eigenvalue weighted by atomic mass is 35.5. The largest absolute Gasteiger partial charge is 0.354 e. The maximum atomic E-state index is 12.9. The van der Waals surface area contributed by atoms with Crippen molar-refractivity contribution in [2.45, 2.75) is 25.4 Å². The van der Waals surface area contributed by atoms with Gasteiger partial charge in [0.05, 0.1) is 16.8 Å². The molecular weight excluding hydrogens is 415 g/mol. The third-order valence-electron chi connectivity index (χ3n) is 5.80. The number of rotatable bonds is 4. The minimum atomic E-state index is -0.0180. The minimum Gasteiger partial charge on any atom is -0.354 e. The lowest BCUT2D eigenvalue weighted by atomic mass is 9.96. The summed E-state index contributed by atoms with van der Waals surface area (Å²) in [6, 6.07) is 23.9. The van der Waals surface area contributed by atoms with Gasteiger partial charge in [-0.05, 0) is 36.2 Å². The number of benzene rings is 3. The van der Waals surface area contributed by atoms with Crippen molar-refractivity contribution in [2.75, 3.05) is 0 Å². The summed E-state index contributed by atoms with van der Waals surface area (Å²) in [7, 11) is 0. The summed E-state index contributed by atoms with van der Waals surface area (Å²) in [4.78, 5) is 18.4. The highest BCUT2D eigenvalue weighted by molar-refractivity contribution is 6.36. The van der Waals surface area contributed by atoms with E-state index in [1.807, 2.05) is 47.4 Å². The number of halogens is 2. The SMILES string of the molecule is O=C1CC[C@H](c2c(-c3ccc(Cl)cc3Cl)[nH]c3ccccc23)N1Cc1ccccc1. The van der Waals surface area contributed by atoms with Crippen LogP contribution in [-0.4, -0.2) is 15.8 Å². The summed E-state index contributed by atoms with van der Waals surface area (Å²) >= 11 is 12.7. The Labute approximate surface area is 185 Å². The molecule has 1 aliphatic rings. The zero-order valence-electron chi connectivity index (χ0n) is 16.2. The van der Waals surface area contributed by atoms with E-state index in [1.165, 1.54) is 0 Å². The Morgan fingerprint density at radius 2 is 1.73 bits per heavy atom. The highest BCUT2D eigenvalue weighted by Gasteiger charge is 2.35. The Kier molecular flexibility index (Phi) is 5.01. The van der Waals surface area contributed by atoms with Gasteiger partial charge in [-0.15, -0.1) is 0 Å². The first kappa shape index (κ1) is 19.2. The molecule has 4 aromatic rings. The second kappa shape index (κ2) is 7.82. The minimum absolute atomic E-state index is 0.0180. The van der Waals surface area contributed by atoms with Crippen LogP contribution in [-0.2, 0) is 11.3 Å².